The Kier molecular flexibility index (Phi) is 9.16. The first kappa shape index (κ1) is 27.8. The molecule has 0 aliphatic carbocycles. The molecule has 0 bridgehead atoms. The van der Waals surface area contributed by atoms with Crippen molar-refractivity contribution in [2.75, 3.05) is 13.9 Å². The Hall–Kier alpha value is -1.44. The van der Waals surface area contributed by atoms with Crippen LogP contribution in [0.5, 0.6) is 5.75 Å². The third-order valence-corrected chi connectivity index (χ3v) is 7.99. The summed E-state index contributed by atoms with van der Waals surface area (Å²) in [6.45, 7) is 20.1. The lowest BCUT2D eigenvalue weighted by molar-refractivity contribution is 0.0486. The highest BCUT2D eigenvalue weighted by atomic mass is 31.1. The van der Waals surface area contributed by atoms with Gasteiger partial charge in [-0.05, 0) is 41.4 Å². The van der Waals surface area contributed by atoms with Crippen LogP contribution in [0.25, 0.3) is 0 Å². The largest absolute Gasteiger partial charge is 0.467 e. The first-order chi connectivity index (χ1) is 15.2. The quantitative estimate of drug-likeness (QED) is 0.270. The molecule has 0 aliphatic rings. The molecule has 0 radical (unpaired) electrons. The molecule has 2 aromatic carbocycles. The highest BCUT2D eigenvalue weighted by Crippen LogP contribution is 2.52. The first-order valence-electron chi connectivity index (χ1n) is 12.1. The highest BCUT2D eigenvalue weighted by molar-refractivity contribution is 7.48. The lowest BCUT2D eigenvalue weighted by Gasteiger charge is -2.37. The van der Waals surface area contributed by atoms with Gasteiger partial charge in [-0.2, -0.15) is 0 Å². The zero-order valence-corrected chi connectivity index (χ0v) is 23.4. The van der Waals surface area contributed by atoms with Crippen LogP contribution in [0.1, 0.15) is 96.9 Å². The maximum Gasteiger partial charge on any atom is 0.188 e. The Bertz CT molecular complexity index is 940. The summed E-state index contributed by atoms with van der Waals surface area (Å²) in [4.78, 5) is 0. The van der Waals surface area contributed by atoms with Crippen molar-refractivity contribution in [3.05, 3.63) is 58.4 Å². The molecule has 0 saturated heterocycles. The molecule has 2 aromatic rings. The molecular formula is C29H44FO2P. The standard InChI is InChI=1S/C29H44FO2P/c1-11-12-15-29(9,33-25-14-13-20(2)16-24(25)30)23-18-21(27(3,4)5)17-22(28(6,7)8)26(23)32-19-31-10/h13-14,16-18,33H,11-12,15,19H2,1-10H3. The summed E-state index contributed by atoms with van der Waals surface area (Å²) in [7, 11) is 1.95. The van der Waals surface area contributed by atoms with Gasteiger partial charge in [-0.25, -0.2) is 4.39 Å². The molecule has 4 heteroatoms. The number of aryl methyl sites for hydroxylation is 1. The van der Waals surface area contributed by atoms with Crippen LogP contribution in [0, 0.1) is 12.7 Å². The second-order valence-corrected chi connectivity index (χ2v) is 13.4. The minimum Gasteiger partial charge on any atom is -0.467 e. The van der Waals surface area contributed by atoms with Gasteiger partial charge in [0, 0.05) is 28.7 Å². The van der Waals surface area contributed by atoms with Gasteiger partial charge < -0.3 is 9.47 Å². The maximum atomic E-state index is 15.0. The van der Waals surface area contributed by atoms with Gasteiger partial charge in [0.15, 0.2) is 6.79 Å². The molecule has 0 heterocycles. The predicted molar refractivity (Wildman–Crippen MR) is 142 cm³/mol. The summed E-state index contributed by atoms with van der Waals surface area (Å²) < 4.78 is 26.7. The van der Waals surface area contributed by atoms with E-state index >= 15 is 4.39 Å². The van der Waals surface area contributed by atoms with Gasteiger partial charge in [0.25, 0.3) is 0 Å². The van der Waals surface area contributed by atoms with Crippen LogP contribution in [0.4, 0.5) is 4.39 Å². The number of halogens is 1. The van der Waals surface area contributed by atoms with Crippen molar-refractivity contribution in [1.29, 1.82) is 0 Å². The fourth-order valence-corrected chi connectivity index (χ4v) is 5.69. The number of methoxy groups -OCH3 is 1. The average molecular weight is 475 g/mol. The second-order valence-electron chi connectivity index (χ2n) is 11.5. The summed E-state index contributed by atoms with van der Waals surface area (Å²) in [5, 5.41) is 0.534. The maximum absolute atomic E-state index is 15.0. The molecule has 0 spiro atoms. The van der Waals surface area contributed by atoms with Crippen LogP contribution < -0.4 is 10.0 Å². The van der Waals surface area contributed by atoms with E-state index in [2.05, 4.69) is 67.5 Å². The number of hydrogen-bond acceptors (Lipinski definition) is 2. The Morgan fingerprint density at radius 2 is 1.55 bits per heavy atom. The van der Waals surface area contributed by atoms with Gasteiger partial charge in [0.05, 0.1) is 0 Å². The van der Waals surface area contributed by atoms with Gasteiger partial charge in [0.2, 0.25) is 0 Å². The SMILES string of the molecule is CCCCC(C)(Pc1ccc(C)cc1F)c1cc(C(C)(C)C)cc(C(C)(C)C)c1OCOC. The van der Waals surface area contributed by atoms with Crippen LogP contribution in [0.15, 0.2) is 30.3 Å². The Labute approximate surface area is 203 Å². The highest BCUT2D eigenvalue weighted by Gasteiger charge is 2.35. The first-order valence-corrected chi connectivity index (χ1v) is 13.1. The summed E-state index contributed by atoms with van der Waals surface area (Å²) in [6, 6.07) is 10.2. The van der Waals surface area contributed by atoms with Crippen LogP contribution in [-0.4, -0.2) is 13.9 Å². The Morgan fingerprint density at radius 1 is 0.909 bits per heavy atom. The fraction of sp³-hybridized carbons (Fsp3) is 0.586. The van der Waals surface area contributed by atoms with Crippen molar-refractivity contribution < 1.29 is 13.9 Å². The molecule has 0 N–H and O–H groups in total. The molecule has 2 unspecified atom stereocenters. The van der Waals surface area contributed by atoms with Gasteiger partial charge in [-0.3, -0.25) is 0 Å². The van der Waals surface area contributed by atoms with Crippen molar-refractivity contribution in [3.8, 4) is 5.75 Å². The van der Waals surface area contributed by atoms with Crippen LogP contribution >= 0.6 is 8.58 Å². The van der Waals surface area contributed by atoms with E-state index in [1.807, 2.05) is 19.1 Å². The average Bonchev–Trinajstić information content (AvgIpc) is 2.71. The smallest absolute Gasteiger partial charge is 0.188 e. The summed E-state index contributed by atoms with van der Waals surface area (Å²) in [5.41, 5.74) is 4.46. The molecular weight excluding hydrogens is 430 g/mol. The minimum atomic E-state index is -0.254. The topological polar surface area (TPSA) is 18.5 Å². The molecule has 0 aromatic heterocycles. The normalized spacial score (nSPS) is 14.6. The number of unbranched alkanes of at least 4 members (excludes halogenated alkanes) is 1. The number of hydrogen-bond donors (Lipinski definition) is 0. The van der Waals surface area contributed by atoms with E-state index in [0.29, 0.717) is 8.58 Å². The third kappa shape index (κ3) is 7.03. The second kappa shape index (κ2) is 10.9. The van der Waals surface area contributed by atoms with E-state index in [1.54, 1.807) is 13.2 Å². The lowest BCUT2D eigenvalue weighted by atomic mass is 9.76. The molecule has 184 valence electrons. The summed E-state index contributed by atoms with van der Waals surface area (Å²) in [6.07, 6.45) is 3.14. The van der Waals surface area contributed by atoms with Crippen molar-refractivity contribution in [2.24, 2.45) is 0 Å². The third-order valence-electron chi connectivity index (χ3n) is 6.24. The Balaban J connectivity index is 2.83. The van der Waals surface area contributed by atoms with Gasteiger partial charge in [-0.1, -0.05) is 101 Å². The molecule has 33 heavy (non-hydrogen) atoms. The number of benzene rings is 2. The monoisotopic (exact) mass is 474 g/mol. The molecule has 0 saturated carbocycles. The summed E-state index contributed by atoms with van der Waals surface area (Å²) in [5.74, 6) is 0.786. The Morgan fingerprint density at radius 3 is 2.06 bits per heavy atom. The van der Waals surface area contributed by atoms with E-state index in [0.717, 1.165) is 35.9 Å². The van der Waals surface area contributed by atoms with Crippen molar-refractivity contribution in [1.82, 2.24) is 0 Å². The van der Waals surface area contributed by atoms with Gasteiger partial charge in [-0.15, -0.1) is 0 Å². The predicted octanol–water partition coefficient (Wildman–Crippen LogP) is 8.12. The number of rotatable bonds is 9. The molecule has 0 aliphatic heterocycles. The van der Waals surface area contributed by atoms with E-state index in [4.69, 9.17) is 9.47 Å². The lowest BCUT2D eigenvalue weighted by Crippen LogP contribution is -2.26. The van der Waals surface area contributed by atoms with Crippen LogP contribution in [-0.2, 0) is 20.7 Å². The summed E-state index contributed by atoms with van der Waals surface area (Å²) >= 11 is 0. The van der Waals surface area contributed by atoms with E-state index in [1.165, 1.54) is 16.7 Å². The fourth-order valence-electron chi connectivity index (χ4n) is 4.12. The zero-order chi connectivity index (χ0) is 25.0. The van der Waals surface area contributed by atoms with Crippen molar-refractivity contribution in [3.63, 3.8) is 0 Å². The van der Waals surface area contributed by atoms with E-state index in [-0.39, 0.29) is 28.6 Å². The van der Waals surface area contributed by atoms with E-state index < -0.39 is 0 Å². The molecule has 2 nitrogen and oxygen atoms in total. The van der Waals surface area contributed by atoms with Gasteiger partial charge >= 0.3 is 0 Å². The molecule has 2 atom stereocenters. The van der Waals surface area contributed by atoms with Crippen LogP contribution in [0.2, 0.25) is 0 Å². The zero-order valence-electron chi connectivity index (χ0n) is 22.4. The molecule has 0 amide bonds. The number of ether oxygens (including phenoxy) is 2. The molecule has 0 fully saturated rings. The van der Waals surface area contributed by atoms with E-state index in [9.17, 15) is 0 Å². The minimum absolute atomic E-state index is 0.0155. The van der Waals surface area contributed by atoms with Crippen LogP contribution in [0.3, 0.4) is 0 Å². The molecule has 2 rings (SSSR count). The van der Waals surface area contributed by atoms with Crippen molar-refractivity contribution in [2.45, 2.75) is 97.6 Å². The van der Waals surface area contributed by atoms with Crippen molar-refractivity contribution >= 4 is 13.9 Å². The van der Waals surface area contributed by atoms with Gasteiger partial charge in [0.1, 0.15) is 11.6 Å².